The van der Waals surface area contributed by atoms with Crippen LogP contribution in [0.5, 0.6) is 17.2 Å². The van der Waals surface area contributed by atoms with E-state index in [4.69, 9.17) is 14.2 Å². The summed E-state index contributed by atoms with van der Waals surface area (Å²) in [6, 6.07) is 24.5. The van der Waals surface area contributed by atoms with Crippen molar-refractivity contribution in [1.29, 1.82) is 0 Å². The second-order valence-corrected chi connectivity index (χ2v) is 6.04. The van der Waals surface area contributed by atoms with Crippen molar-refractivity contribution in [2.45, 2.75) is 6.61 Å². The summed E-state index contributed by atoms with van der Waals surface area (Å²) in [5.74, 6) is 1.36. The van der Waals surface area contributed by atoms with Gasteiger partial charge in [-0.2, -0.15) is 5.10 Å². The second kappa shape index (κ2) is 10.5. The molecule has 3 rings (SSSR count). The van der Waals surface area contributed by atoms with Crippen LogP contribution in [0.1, 0.15) is 11.1 Å². The quantitative estimate of drug-likeness (QED) is 0.446. The van der Waals surface area contributed by atoms with E-state index >= 15 is 0 Å². The maximum atomic E-state index is 12.0. The molecule has 0 saturated carbocycles. The summed E-state index contributed by atoms with van der Waals surface area (Å²) in [5, 5.41) is 4.00. The molecule has 29 heavy (non-hydrogen) atoms. The van der Waals surface area contributed by atoms with E-state index in [1.165, 1.54) is 0 Å². The van der Waals surface area contributed by atoms with Gasteiger partial charge in [-0.1, -0.05) is 54.6 Å². The highest BCUT2D eigenvalue weighted by Crippen LogP contribution is 2.25. The number of hydrogen-bond acceptors (Lipinski definition) is 5. The third kappa shape index (κ3) is 6.10. The van der Waals surface area contributed by atoms with Crippen molar-refractivity contribution in [2.24, 2.45) is 5.10 Å². The van der Waals surface area contributed by atoms with Crippen molar-refractivity contribution in [3.63, 3.8) is 0 Å². The van der Waals surface area contributed by atoms with Crippen LogP contribution in [0.2, 0.25) is 0 Å². The molecule has 6 nitrogen and oxygen atoms in total. The van der Waals surface area contributed by atoms with E-state index in [2.05, 4.69) is 10.5 Å². The number of carbonyl (C=O) groups excluding carboxylic acids is 1. The Morgan fingerprint density at radius 3 is 2.28 bits per heavy atom. The number of hydrogen-bond donors (Lipinski definition) is 1. The standard InChI is InChI=1S/C23H22N2O4/c1-27-21-13-7-8-14-22(21)29-17-23(26)25-24-15-19-11-5-6-12-20(19)28-16-18-9-3-2-4-10-18/h2-15H,16-17H2,1H3,(H,25,26). The van der Waals surface area contributed by atoms with E-state index in [0.717, 1.165) is 11.1 Å². The molecule has 1 N–H and O–H groups in total. The van der Waals surface area contributed by atoms with Crippen LogP contribution >= 0.6 is 0 Å². The van der Waals surface area contributed by atoms with Crippen LogP contribution in [0.3, 0.4) is 0 Å². The number of para-hydroxylation sites is 3. The van der Waals surface area contributed by atoms with Crippen molar-refractivity contribution in [3.05, 3.63) is 90.0 Å². The second-order valence-electron chi connectivity index (χ2n) is 6.04. The Labute approximate surface area is 169 Å². The average molecular weight is 390 g/mol. The van der Waals surface area contributed by atoms with Crippen LogP contribution < -0.4 is 19.6 Å². The topological polar surface area (TPSA) is 69.2 Å². The Kier molecular flexibility index (Phi) is 7.23. The van der Waals surface area contributed by atoms with Gasteiger partial charge in [-0.05, 0) is 29.8 Å². The van der Waals surface area contributed by atoms with Crippen molar-refractivity contribution < 1.29 is 19.0 Å². The summed E-state index contributed by atoms with van der Waals surface area (Å²) in [6.45, 7) is 0.272. The summed E-state index contributed by atoms with van der Waals surface area (Å²) in [4.78, 5) is 12.0. The number of ether oxygens (including phenoxy) is 3. The van der Waals surface area contributed by atoms with Gasteiger partial charge in [0, 0.05) is 5.56 Å². The Morgan fingerprint density at radius 1 is 0.862 bits per heavy atom. The normalized spacial score (nSPS) is 10.5. The number of rotatable bonds is 9. The molecule has 0 atom stereocenters. The molecule has 0 aromatic heterocycles. The minimum Gasteiger partial charge on any atom is -0.493 e. The van der Waals surface area contributed by atoms with E-state index in [0.29, 0.717) is 23.9 Å². The van der Waals surface area contributed by atoms with Gasteiger partial charge in [0.2, 0.25) is 0 Å². The van der Waals surface area contributed by atoms with Crippen LogP contribution in [0.4, 0.5) is 0 Å². The van der Waals surface area contributed by atoms with Crippen LogP contribution in [0.15, 0.2) is 84.0 Å². The van der Waals surface area contributed by atoms with Gasteiger partial charge in [-0.15, -0.1) is 0 Å². The number of nitrogens with zero attached hydrogens (tertiary/aromatic N) is 1. The predicted octanol–water partition coefficient (Wildman–Crippen LogP) is 3.80. The molecular formula is C23H22N2O4. The largest absolute Gasteiger partial charge is 0.493 e. The smallest absolute Gasteiger partial charge is 0.277 e. The number of hydrazone groups is 1. The molecule has 0 fully saturated rings. The first-order valence-corrected chi connectivity index (χ1v) is 9.10. The lowest BCUT2D eigenvalue weighted by Gasteiger charge is -2.10. The number of carbonyl (C=O) groups is 1. The van der Waals surface area contributed by atoms with Gasteiger partial charge < -0.3 is 14.2 Å². The SMILES string of the molecule is COc1ccccc1OCC(=O)NN=Cc1ccccc1OCc1ccccc1. The first kappa shape index (κ1) is 19.9. The summed E-state index contributed by atoms with van der Waals surface area (Å²) in [5.41, 5.74) is 4.28. The van der Waals surface area contributed by atoms with Crippen molar-refractivity contribution in [1.82, 2.24) is 5.43 Å². The average Bonchev–Trinajstić information content (AvgIpc) is 2.78. The Balaban J connectivity index is 1.52. The molecule has 0 saturated heterocycles. The Hall–Kier alpha value is -3.80. The van der Waals surface area contributed by atoms with Crippen molar-refractivity contribution in [3.8, 4) is 17.2 Å². The van der Waals surface area contributed by atoms with E-state index in [1.807, 2.05) is 60.7 Å². The first-order chi connectivity index (χ1) is 14.3. The summed E-state index contributed by atoms with van der Waals surface area (Å²) >= 11 is 0. The molecule has 0 aliphatic rings. The zero-order valence-electron chi connectivity index (χ0n) is 16.1. The zero-order chi connectivity index (χ0) is 20.3. The van der Waals surface area contributed by atoms with Crippen LogP contribution in [-0.2, 0) is 11.4 Å². The van der Waals surface area contributed by atoms with Crippen LogP contribution in [0, 0.1) is 0 Å². The third-order valence-corrected chi connectivity index (χ3v) is 3.98. The van der Waals surface area contributed by atoms with Crippen LogP contribution in [0.25, 0.3) is 0 Å². The first-order valence-electron chi connectivity index (χ1n) is 9.10. The maximum Gasteiger partial charge on any atom is 0.277 e. The van der Waals surface area contributed by atoms with Gasteiger partial charge >= 0.3 is 0 Å². The van der Waals surface area contributed by atoms with Gasteiger partial charge in [-0.25, -0.2) is 5.43 Å². The Morgan fingerprint density at radius 2 is 1.52 bits per heavy atom. The summed E-state index contributed by atoms with van der Waals surface area (Å²) in [7, 11) is 1.55. The van der Waals surface area contributed by atoms with E-state index in [9.17, 15) is 4.79 Å². The lowest BCUT2D eigenvalue weighted by Crippen LogP contribution is -2.24. The highest BCUT2D eigenvalue weighted by atomic mass is 16.5. The lowest BCUT2D eigenvalue weighted by molar-refractivity contribution is -0.123. The van der Waals surface area contributed by atoms with Crippen LogP contribution in [-0.4, -0.2) is 25.8 Å². The van der Waals surface area contributed by atoms with Gasteiger partial charge in [0.1, 0.15) is 12.4 Å². The van der Waals surface area contributed by atoms with E-state index in [1.54, 1.807) is 31.5 Å². The fourth-order valence-corrected chi connectivity index (χ4v) is 2.54. The fourth-order valence-electron chi connectivity index (χ4n) is 2.54. The summed E-state index contributed by atoms with van der Waals surface area (Å²) < 4.78 is 16.5. The van der Waals surface area contributed by atoms with Gasteiger partial charge in [0.05, 0.1) is 13.3 Å². The highest BCUT2D eigenvalue weighted by molar-refractivity contribution is 5.85. The molecule has 0 aliphatic heterocycles. The van der Waals surface area contributed by atoms with Crippen molar-refractivity contribution in [2.75, 3.05) is 13.7 Å². The molecular weight excluding hydrogens is 368 g/mol. The molecule has 0 spiro atoms. The number of amides is 1. The van der Waals surface area contributed by atoms with Gasteiger partial charge in [0.15, 0.2) is 18.1 Å². The molecule has 0 radical (unpaired) electrons. The molecule has 3 aromatic rings. The fraction of sp³-hybridized carbons (Fsp3) is 0.130. The molecule has 0 heterocycles. The van der Waals surface area contributed by atoms with Gasteiger partial charge in [0.25, 0.3) is 5.91 Å². The minimum atomic E-state index is -0.380. The maximum absolute atomic E-state index is 12.0. The lowest BCUT2D eigenvalue weighted by atomic mass is 10.2. The molecule has 0 bridgehead atoms. The molecule has 6 heteroatoms. The highest BCUT2D eigenvalue weighted by Gasteiger charge is 2.06. The third-order valence-electron chi connectivity index (χ3n) is 3.98. The summed E-state index contributed by atoms with van der Waals surface area (Å²) in [6.07, 6.45) is 1.54. The number of methoxy groups -OCH3 is 1. The number of benzene rings is 3. The molecule has 0 unspecified atom stereocenters. The van der Waals surface area contributed by atoms with Gasteiger partial charge in [-0.3, -0.25) is 4.79 Å². The number of nitrogens with one attached hydrogen (secondary N) is 1. The molecule has 0 aliphatic carbocycles. The monoisotopic (exact) mass is 390 g/mol. The Bertz CT molecular complexity index is 958. The predicted molar refractivity (Wildman–Crippen MR) is 111 cm³/mol. The molecule has 3 aromatic carbocycles. The van der Waals surface area contributed by atoms with E-state index in [-0.39, 0.29) is 12.5 Å². The van der Waals surface area contributed by atoms with E-state index < -0.39 is 0 Å². The minimum absolute atomic E-state index is 0.177. The zero-order valence-corrected chi connectivity index (χ0v) is 16.1. The molecule has 1 amide bonds. The van der Waals surface area contributed by atoms with Crippen molar-refractivity contribution >= 4 is 12.1 Å². The molecule has 148 valence electrons.